The molecule has 1 aliphatic carbocycles. The monoisotopic (exact) mass is 418 g/mol. The lowest BCUT2D eigenvalue weighted by molar-refractivity contribution is -0.138. The standard InChI is InChI=1S/C21H21F3N4O2/c1-12(29)18-19(26-7-6-25-18)27-20(30)28-10-14-8-13(9-15(14)11-28)16-4-2-3-5-17(16)21(22,23)24/h2-7,13-15H,8-11H2,1H3,(H,26,27,30)/t13?,14-,15+. The van der Waals surface area contributed by atoms with Gasteiger partial charge in [0, 0.05) is 32.4 Å². The number of likely N-dealkylation sites (tertiary alicyclic amines) is 1. The summed E-state index contributed by atoms with van der Waals surface area (Å²) in [7, 11) is 0. The van der Waals surface area contributed by atoms with Gasteiger partial charge in [0.05, 0.1) is 5.56 Å². The van der Waals surface area contributed by atoms with Crippen LogP contribution in [0.5, 0.6) is 0 Å². The van der Waals surface area contributed by atoms with Crippen LogP contribution < -0.4 is 5.32 Å². The second kappa shape index (κ2) is 7.70. The van der Waals surface area contributed by atoms with Crippen molar-refractivity contribution < 1.29 is 22.8 Å². The molecule has 0 radical (unpaired) electrons. The number of nitrogens with zero attached hydrogens (tertiary/aromatic N) is 3. The van der Waals surface area contributed by atoms with E-state index in [4.69, 9.17) is 0 Å². The van der Waals surface area contributed by atoms with Crippen LogP contribution in [0, 0.1) is 11.8 Å². The Morgan fingerprint density at radius 1 is 1.07 bits per heavy atom. The number of carbonyl (C=O) groups excluding carboxylic acids is 2. The van der Waals surface area contributed by atoms with E-state index in [0.717, 1.165) is 6.07 Å². The summed E-state index contributed by atoms with van der Waals surface area (Å²) in [4.78, 5) is 33.9. The van der Waals surface area contributed by atoms with E-state index in [1.807, 2.05) is 0 Å². The van der Waals surface area contributed by atoms with Crippen LogP contribution in [0.2, 0.25) is 0 Å². The number of aromatic nitrogens is 2. The van der Waals surface area contributed by atoms with Gasteiger partial charge in [0.2, 0.25) is 0 Å². The molecule has 0 bridgehead atoms. The van der Waals surface area contributed by atoms with Gasteiger partial charge in [0.25, 0.3) is 0 Å². The minimum absolute atomic E-state index is 0.0917. The van der Waals surface area contributed by atoms with E-state index in [2.05, 4.69) is 15.3 Å². The molecule has 2 amide bonds. The Kier molecular flexibility index (Phi) is 5.21. The number of alkyl halides is 3. The van der Waals surface area contributed by atoms with Gasteiger partial charge in [-0.25, -0.2) is 14.8 Å². The Labute approximate surface area is 171 Å². The highest BCUT2D eigenvalue weighted by Crippen LogP contribution is 2.48. The fourth-order valence-corrected chi connectivity index (χ4v) is 4.70. The Bertz CT molecular complexity index is 965. The maximum Gasteiger partial charge on any atom is 0.416 e. The number of Topliss-reactive ketones (excluding diaryl/α,β-unsaturated/α-hetero) is 1. The van der Waals surface area contributed by atoms with E-state index in [1.54, 1.807) is 17.0 Å². The summed E-state index contributed by atoms with van der Waals surface area (Å²) in [5.41, 5.74) is -0.126. The van der Waals surface area contributed by atoms with Gasteiger partial charge in [0.15, 0.2) is 11.6 Å². The fourth-order valence-electron chi connectivity index (χ4n) is 4.70. The fraction of sp³-hybridized carbons (Fsp3) is 0.429. The molecule has 1 aliphatic heterocycles. The number of rotatable bonds is 3. The molecule has 1 N–H and O–H groups in total. The minimum atomic E-state index is -4.37. The Morgan fingerprint density at radius 3 is 2.33 bits per heavy atom. The SMILES string of the molecule is CC(=O)c1nccnc1NC(=O)N1C[C@H]2CC(c3ccccc3C(F)(F)F)C[C@H]2C1. The number of urea groups is 1. The van der Waals surface area contributed by atoms with E-state index in [1.165, 1.54) is 25.4 Å². The average Bonchev–Trinajstić information content (AvgIpc) is 3.27. The molecule has 1 saturated heterocycles. The number of benzene rings is 1. The number of fused-ring (bicyclic) bond motifs is 1. The third-order valence-corrected chi connectivity index (χ3v) is 6.00. The third-order valence-electron chi connectivity index (χ3n) is 6.00. The lowest BCUT2D eigenvalue weighted by atomic mass is 9.91. The van der Waals surface area contributed by atoms with Crippen LogP contribution in [-0.4, -0.2) is 39.8 Å². The van der Waals surface area contributed by atoms with E-state index in [-0.39, 0.29) is 41.1 Å². The number of carbonyl (C=O) groups is 2. The first kappa shape index (κ1) is 20.3. The van der Waals surface area contributed by atoms with Crippen LogP contribution in [0.15, 0.2) is 36.7 Å². The van der Waals surface area contributed by atoms with Crippen LogP contribution in [0.3, 0.4) is 0 Å². The van der Waals surface area contributed by atoms with Crippen LogP contribution in [0.4, 0.5) is 23.8 Å². The topological polar surface area (TPSA) is 75.2 Å². The molecule has 2 aromatic rings. The van der Waals surface area contributed by atoms with E-state index < -0.39 is 11.7 Å². The number of amides is 2. The second-order valence-corrected chi connectivity index (χ2v) is 7.92. The van der Waals surface area contributed by atoms with E-state index in [9.17, 15) is 22.8 Å². The smallest absolute Gasteiger partial charge is 0.324 e. The van der Waals surface area contributed by atoms with Gasteiger partial charge >= 0.3 is 12.2 Å². The van der Waals surface area contributed by atoms with Gasteiger partial charge < -0.3 is 4.90 Å². The normalized spacial score (nSPS) is 23.3. The molecule has 2 heterocycles. The van der Waals surface area contributed by atoms with Crippen molar-refractivity contribution in [1.29, 1.82) is 0 Å². The molecule has 4 rings (SSSR count). The zero-order valence-electron chi connectivity index (χ0n) is 16.3. The van der Waals surface area contributed by atoms with Crippen LogP contribution >= 0.6 is 0 Å². The number of nitrogens with one attached hydrogen (secondary N) is 1. The average molecular weight is 418 g/mol. The highest BCUT2D eigenvalue weighted by atomic mass is 19.4. The molecular formula is C21H21F3N4O2. The molecular weight excluding hydrogens is 397 g/mol. The van der Waals surface area contributed by atoms with Crippen LogP contribution in [0.1, 0.15) is 47.3 Å². The van der Waals surface area contributed by atoms with Crippen molar-refractivity contribution in [3.63, 3.8) is 0 Å². The molecule has 1 saturated carbocycles. The zero-order valence-corrected chi connectivity index (χ0v) is 16.3. The molecule has 30 heavy (non-hydrogen) atoms. The van der Waals surface area contributed by atoms with Crippen molar-refractivity contribution in [3.8, 4) is 0 Å². The molecule has 0 spiro atoms. The lowest BCUT2D eigenvalue weighted by Gasteiger charge is -2.22. The summed E-state index contributed by atoms with van der Waals surface area (Å²) >= 11 is 0. The van der Waals surface area contributed by atoms with Gasteiger partial charge in [-0.1, -0.05) is 18.2 Å². The predicted molar refractivity (Wildman–Crippen MR) is 103 cm³/mol. The van der Waals surface area contributed by atoms with Gasteiger partial charge in [-0.05, 0) is 42.2 Å². The van der Waals surface area contributed by atoms with Crippen molar-refractivity contribution in [3.05, 3.63) is 53.5 Å². The quantitative estimate of drug-likeness (QED) is 0.752. The van der Waals surface area contributed by atoms with Crippen molar-refractivity contribution in [2.45, 2.75) is 31.9 Å². The number of ketones is 1. The summed E-state index contributed by atoms with van der Waals surface area (Å²) in [5.74, 6) is -0.0494. The molecule has 2 fully saturated rings. The van der Waals surface area contributed by atoms with E-state index >= 15 is 0 Å². The summed E-state index contributed by atoms with van der Waals surface area (Å²) in [6.45, 7) is 2.28. The summed E-state index contributed by atoms with van der Waals surface area (Å²) in [5, 5.41) is 2.64. The third kappa shape index (κ3) is 3.88. The number of hydrogen-bond acceptors (Lipinski definition) is 4. The summed E-state index contributed by atoms with van der Waals surface area (Å²) in [6.07, 6.45) is -0.364. The van der Waals surface area contributed by atoms with Gasteiger partial charge in [-0.2, -0.15) is 13.2 Å². The lowest BCUT2D eigenvalue weighted by Crippen LogP contribution is -2.34. The summed E-state index contributed by atoms with van der Waals surface area (Å²) < 4.78 is 40.1. The first-order valence-electron chi connectivity index (χ1n) is 9.78. The number of halogens is 3. The molecule has 6 nitrogen and oxygen atoms in total. The maximum atomic E-state index is 13.4. The molecule has 158 valence electrons. The summed E-state index contributed by atoms with van der Waals surface area (Å²) in [6, 6.07) is 5.38. The van der Waals surface area contributed by atoms with Crippen LogP contribution in [-0.2, 0) is 6.18 Å². The molecule has 3 atom stereocenters. The van der Waals surface area contributed by atoms with Crippen molar-refractivity contribution in [2.24, 2.45) is 11.8 Å². The molecule has 1 unspecified atom stereocenters. The molecule has 9 heteroatoms. The van der Waals surface area contributed by atoms with E-state index in [0.29, 0.717) is 31.5 Å². The number of anilines is 1. The Hall–Kier alpha value is -2.97. The minimum Gasteiger partial charge on any atom is -0.324 e. The Balaban J connectivity index is 1.42. The van der Waals surface area contributed by atoms with Crippen LogP contribution in [0.25, 0.3) is 0 Å². The van der Waals surface area contributed by atoms with Gasteiger partial charge in [-0.3, -0.25) is 10.1 Å². The highest BCUT2D eigenvalue weighted by molar-refractivity contribution is 6.00. The number of hydrogen-bond donors (Lipinski definition) is 1. The first-order chi connectivity index (χ1) is 14.2. The maximum absolute atomic E-state index is 13.4. The molecule has 1 aromatic heterocycles. The Morgan fingerprint density at radius 2 is 1.70 bits per heavy atom. The first-order valence-corrected chi connectivity index (χ1v) is 9.78. The zero-order chi connectivity index (χ0) is 21.5. The van der Waals surface area contributed by atoms with Gasteiger partial charge in [-0.15, -0.1) is 0 Å². The van der Waals surface area contributed by atoms with Crippen molar-refractivity contribution >= 4 is 17.6 Å². The second-order valence-electron chi connectivity index (χ2n) is 7.92. The highest BCUT2D eigenvalue weighted by Gasteiger charge is 2.45. The van der Waals surface area contributed by atoms with Gasteiger partial charge in [0.1, 0.15) is 5.69 Å². The van der Waals surface area contributed by atoms with Crippen molar-refractivity contribution in [1.82, 2.24) is 14.9 Å². The largest absolute Gasteiger partial charge is 0.416 e. The van der Waals surface area contributed by atoms with Crippen molar-refractivity contribution in [2.75, 3.05) is 18.4 Å². The predicted octanol–water partition coefficient (Wildman–Crippen LogP) is 4.36. The molecule has 2 aliphatic rings. The molecule has 1 aromatic carbocycles.